The number of nitrogens with one attached hydrogen (secondary N) is 1. The molecule has 6 heteroatoms. The number of ether oxygens (including phenoxy) is 1. The predicted molar refractivity (Wildman–Crippen MR) is 121 cm³/mol. The molecule has 0 aliphatic carbocycles. The van der Waals surface area contributed by atoms with Crippen LogP contribution in [0.5, 0.6) is 5.75 Å². The Morgan fingerprint density at radius 3 is 2.58 bits per heavy atom. The Labute approximate surface area is 216 Å². The highest BCUT2D eigenvalue weighted by molar-refractivity contribution is 5.74. The summed E-state index contributed by atoms with van der Waals surface area (Å²) in [6.07, 6.45) is -0.401. The number of benzene rings is 2. The number of hydrogen-bond donors (Lipinski definition) is 1. The third-order valence-electron chi connectivity index (χ3n) is 4.20. The molecule has 1 saturated heterocycles. The number of carbonyl (C=O) groups is 1. The van der Waals surface area contributed by atoms with Gasteiger partial charge in [-0.15, -0.1) is 0 Å². The number of rotatable bonds is 8. The van der Waals surface area contributed by atoms with E-state index in [-0.39, 0.29) is 25.9 Å². The Morgan fingerprint density at radius 1 is 1.26 bits per heavy atom. The van der Waals surface area contributed by atoms with Crippen molar-refractivity contribution in [1.29, 1.82) is 0 Å². The van der Waals surface area contributed by atoms with Crippen molar-refractivity contribution in [3.8, 4) is 5.75 Å². The van der Waals surface area contributed by atoms with E-state index in [0.29, 0.717) is 4.90 Å². The van der Waals surface area contributed by atoms with Crippen LogP contribution in [-0.4, -0.2) is 48.5 Å². The molecular formula is C25H34FN3O2. The molecular weight excluding hydrogens is 393 g/mol. The maximum Gasteiger partial charge on any atom is 0.318 e. The topological polar surface area (TPSA) is 44.8 Å². The van der Waals surface area contributed by atoms with Gasteiger partial charge >= 0.3 is 6.03 Å². The van der Waals surface area contributed by atoms with Gasteiger partial charge in [0.15, 0.2) is 0 Å². The smallest absolute Gasteiger partial charge is 0.318 e. The molecule has 168 valence electrons. The normalized spacial score (nSPS) is 27.9. The molecule has 1 heterocycles. The van der Waals surface area contributed by atoms with Crippen LogP contribution in [0.2, 0.25) is 0 Å². The van der Waals surface area contributed by atoms with E-state index in [1.54, 1.807) is 0 Å². The van der Waals surface area contributed by atoms with Gasteiger partial charge in [-0.25, -0.2) is 9.18 Å². The van der Waals surface area contributed by atoms with Crippen molar-refractivity contribution in [3.63, 3.8) is 0 Å². The number of urea groups is 1. The highest BCUT2D eigenvalue weighted by atomic mass is 19.1. The fraction of sp³-hybridized carbons (Fsp3) is 0.480. The molecule has 0 spiro atoms. The monoisotopic (exact) mass is 449 g/mol. The second kappa shape index (κ2) is 11.1. The lowest BCUT2D eigenvalue weighted by Gasteiger charge is -2.37. The largest absolute Gasteiger partial charge is 0.493 e. The molecule has 0 bridgehead atoms. The highest BCUT2D eigenvalue weighted by Gasteiger charge is 2.27. The second-order valence-corrected chi connectivity index (χ2v) is 6.43. The summed E-state index contributed by atoms with van der Waals surface area (Å²) in [5.74, 6) is -6.85. The van der Waals surface area contributed by atoms with Crippen LogP contribution in [0.1, 0.15) is 67.8 Å². The van der Waals surface area contributed by atoms with Gasteiger partial charge in [0.2, 0.25) is 0 Å². The van der Waals surface area contributed by atoms with Gasteiger partial charge in [-0.1, -0.05) is 37.9 Å². The molecule has 0 unspecified atom stereocenters. The summed E-state index contributed by atoms with van der Waals surface area (Å²) >= 11 is 0. The van der Waals surface area contributed by atoms with Gasteiger partial charge in [0.25, 0.3) is 0 Å². The first-order chi connectivity index (χ1) is 23.8. The van der Waals surface area contributed by atoms with Crippen LogP contribution >= 0.6 is 0 Å². The fourth-order valence-corrected chi connectivity index (χ4v) is 2.72. The van der Waals surface area contributed by atoms with Gasteiger partial charge in [-0.3, -0.25) is 0 Å². The Balaban J connectivity index is 2.08. The zero-order valence-electron chi connectivity index (χ0n) is 38.2. The number of piperidine rings is 1. The molecule has 5 nitrogen and oxygen atoms in total. The molecule has 2 amide bonds. The molecule has 0 aromatic heterocycles. The Hall–Kier alpha value is -2.60. The van der Waals surface area contributed by atoms with Gasteiger partial charge < -0.3 is 19.9 Å². The summed E-state index contributed by atoms with van der Waals surface area (Å²) < 4.78 is 195. The molecule has 0 atom stereocenters. The highest BCUT2D eigenvalue weighted by Crippen LogP contribution is 2.19. The summed E-state index contributed by atoms with van der Waals surface area (Å²) in [5, 5.41) is 2.19. The Bertz CT molecular complexity index is 1660. The lowest BCUT2D eigenvalue weighted by Crippen LogP contribution is -2.49. The number of carbonyl (C=O) groups excluding carboxylic acids is 1. The number of likely N-dealkylation sites (tertiary alicyclic amines) is 1. The number of halogens is 1. The van der Waals surface area contributed by atoms with Crippen LogP contribution < -0.4 is 10.1 Å². The maximum absolute atomic E-state index is 14.4. The summed E-state index contributed by atoms with van der Waals surface area (Å²) in [6, 6.07) is -11.8. The minimum atomic E-state index is -3.99. The van der Waals surface area contributed by atoms with Crippen molar-refractivity contribution in [2.45, 2.75) is 45.6 Å². The van der Waals surface area contributed by atoms with E-state index in [4.69, 9.17) is 34.9 Å². The Kier molecular flexibility index (Phi) is 2.79. The van der Waals surface area contributed by atoms with E-state index >= 15 is 0 Å². The zero-order valence-corrected chi connectivity index (χ0v) is 16.2. The van der Waals surface area contributed by atoms with E-state index in [1.165, 1.54) is 0 Å². The molecule has 1 N–H and O–H groups in total. The maximum atomic E-state index is 14.4. The fourth-order valence-electron chi connectivity index (χ4n) is 2.72. The molecule has 1 fully saturated rings. The quantitative estimate of drug-likeness (QED) is 0.637. The van der Waals surface area contributed by atoms with Crippen molar-refractivity contribution in [2.75, 3.05) is 26.6 Å². The van der Waals surface area contributed by atoms with Gasteiger partial charge in [0.05, 0.1) is 23.0 Å². The SMILES string of the molecule is [2H]c1c([2H])c(C([2H])([2H])N(C(=O)NCc2c([2H])c([2H])c(OC([2H])([2H])C([2H])(C([2H])([2H])[2H])C([2H])([2H])[2H])c([2H])c2[2H])C2CCN(C([2H])([2H])[2H])CC2)c([2H])c([2H])c1F. The van der Waals surface area contributed by atoms with Crippen LogP contribution in [-0.2, 0) is 13.0 Å². The molecule has 1 aliphatic rings. The second-order valence-electron chi connectivity index (χ2n) is 6.43. The van der Waals surface area contributed by atoms with E-state index in [0.717, 1.165) is 4.90 Å². The summed E-state index contributed by atoms with van der Waals surface area (Å²) in [5.41, 5.74) is -1.67. The van der Waals surface area contributed by atoms with Crippen molar-refractivity contribution < 1.29 is 44.1 Å². The molecule has 31 heavy (non-hydrogen) atoms. The van der Waals surface area contributed by atoms with Crippen LogP contribution in [0.25, 0.3) is 0 Å². The number of hydrogen-bond acceptors (Lipinski definition) is 3. The third kappa shape index (κ3) is 7.24. The van der Waals surface area contributed by atoms with Crippen LogP contribution in [0, 0.1) is 11.7 Å². The lowest BCUT2D eigenvalue weighted by atomic mass is 10.0. The minimum Gasteiger partial charge on any atom is -0.493 e. The lowest BCUT2D eigenvalue weighted by molar-refractivity contribution is 0.127. The van der Waals surface area contributed by atoms with E-state index in [2.05, 4.69) is 5.32 Å². The first-order valence-corrected chi connectivity index (χ1v) is 9.14. The molecule has 0 radical (unpaired) electrons. The van der Waals surface area contributed by atoms with Gasteiger partial charge in [0, 0.05) is 32.8 Å². The van der Waals surface area contributed by atoms with Gasteiger partial charge in [-0.2, -0.15) is 0 Å². The van der Waals surface area contributed by atoms with Crippen molar-refractivity contribution >= 4 is 6.03 Å². The molecule has 2 aromatic carbocycles. The summed E-state index contributed by atoms with van der Waals surface area (Å²) in [4.78, 5) is 15.4. The van der Waals surface area contributed by atoms with Crippen molar-refractivity contribution in [1.82, 2.24) is 15.1 Å². The average Bonchev–Trinajstić information content (AvgIpc) is 3.02. The molecule has 2 aromatic rings. The van der Waals surface area contributed by atoms with E-state index in [1.807, 2.05) is 0 Å². The first-order valence-electron chi connectivity index (χ1n) is 20.1. The first kappa shape index (κ1) is 7.77. The molecule has 1 aliphatic heterocycles. The van der Waals surface area contributed by atoms with Crippen molar-refractivity contribution in [2.24, 2.45) is 5.89 Å². The van der Waals surface area contributed by atoms with Crippen LogP contribution in [0.15, 0.2) is 48.3 Å². The van der Waals surface area contributed by atoms with E-state index in [9.17, 15) is 9.18 Å². The zero-order chi connectivity index (χ0) is 41.2. The third-order valence-corrected chi connectivity index (χ3v) is 4.20. The predicted octanol–water partition coefficient (Wildman–Crippen LogP) is 4.67. The average molecular weight is 450 g/mol. The van der Waals surface area contributed by atoms with Crippen molar-refractivity contribution in [3.05, 3.63) is 65.3 Å². The Morgan fingerprint density at radius 2 is 1.94 bits per heavy atom. The van der Waals surface area contributed by atoms with Gasteiger partial charge in [0.1, 0.15) is 11.6 Å². The summed E-state index contributed by atoms with van der Waals surface area (Å²) in [6.45, 7) is -18.8. The van der Waals surface area contributed by atoms with Crippen LogP contribution in [0.3, 0.4) is 0 Å². The van der Waals surface area contributed by atoms with E-state index < -0.39 is 129 Å². The van der Waals surface area contributed by atoms with Gasteiger partial charge in [-0.05, 0) is 74.1 Å². The van der Waals surface area contributed by atoms with Crippen LogP contribution in [0.4, 0.5) is 9.18 Å². The molecule has 0 saturated carbocycles. The summed E-state index contributed by atoms with van der Waals surface area (Å²) in [7, 11) is 0. The standard InChI is InChI=1S/C25H34FN3O2/c1-19(2)18-31-24-10-6-20(7-11-24)16-27-25(30)29(23-12-14-28(3)15-13-23)17-21-4-8-22(26)9-5-21/h4-11,19,23H,12-18H2,1-3H3,(H,27,30)/i1D3,2D3,3D3,4D,5D,6D,7D,8D,9D,10D,11D,17D2,18D2,19D. The minimum absolute atomic E-state index is 0.199. The number of amides is 2. The molecule has 3 rings (SSSR count). The number of nitrogens with zero attached hydrogens (tertiary/aromatic N) is 2.